The first-order valence-corrected chi connectivity index (χ1v) is 13.9. The van der Waals surface area contributed by atoms with Crippen molar-refractivity contribution >= 4 is 15.9 Å². The molecule has 0 atom stereocenters. The van der Waals surface area contributed by atoms with E-state index in [0.717, 1.165) is 12.8 Å². The lowest BCUT2D eigenvalue weighted by Crippen LogP contribution is -2.47. The first-order chi connectivity index (χ1) is 16.3. The van der Waals surface area contributed by atoms with Gasteiger partial charge in [0.2, 0.25) is 0 Å². The summed E-state index contributed by atoms with van der Waals surface area (Å²) >= 11 is 0. The Kier molecular flexibility index (Phi) is 7.60. The second-order valence-corrected chi connectivity index (χ2v) is 11.3. The highest BCUT2D eigenvalue weighted by Gasteiger charge is 2.25. The number of rotatable bonds is 6. The molecule has 2 amide bonds. The Balaban J connectivity index is 1.28. The van der Waals surface area contributed by atoms with Crippen molar-refractivity contribution in [3.05, 3.63) is 52.9 Å². The van der Waals surface area contributed by atoms with Crippen molar-refractivity contribution in [2.24, 2.45) is 5.92 Å². The Labute approximate surface area is 200 Å². The van der Waals surface area contributed by atoms with Crippen molar-refractivity contribution in [1.29, 1.82) is 0 Å². The van der Waals surface area contributed by atoms with E-state index in [4.69, 9.17) is 4.74 Å². The second kappa shape index (κ2) is 10.6. The van der Waals surface area contributed by atoms with Crippen LogP contribution in [0.1, 0.15) is 44.9 Å². The summed E-state index contributed by atoms with van der Waals surface area (Å²) in [6.07, 6.45) is 10.4. The number of urea groups is 1. The number of sulfone groups is 1. The molecule has 2 aliphatic rings. The van der Waals surface area contributed by atoms with Gasteiger partial charge in [-0.2, -0.15) is 0 Å². The summed E-state index contributed by atoms with van der Waals surface area (Å²) in [5.74, 6) is 1.10. The van der Waals surface area contributed by atoms with E-state index in [1.165, 1.54) is 54.9 Å². The van der Waals surface area contributed by atoms with E-state index in [1.807, 2.05) is 4.90 Å². The molecule has 9 heteroatoms. The number of hydrogen-bond donors (Lipinski definition) is 1. The van der Waals surface area contributed by atoms with Crippen molar-refractivity contribution in [2.45, 2.75) is 55.9 Å². The summed E-state index contributed by atoms with van der Waals surface area (Å²) in [6.45, 7) is 2.03. The monoisotopic (exact) mass is 487 g/mol. The minimum absolute atomic E-state index is 0.00788. The van der Waals surface area contributed by atoms with Crippen LogP contribution in [0.4, 0.5) is 4.79 Å². The third kappa shape index (κ3) is 6.20. The molecule has 0 unspecified atom stereocenters. The lowest BCUT2D eigenvalue weighted by Gasteiger charge is -2.33. The highest BCUT2D eigenvalue weighted by Crippen LogP contribution is 2.23. The van der Waals surface area contributed by atoms with Gasteiger partial charge in [0.15, 0.2) is 9.84 Å². The van der Waals surface area contributed by atoms with Gasteiger partial charge in [0.1, 0.15) is 11.9 Å². The Bertz CT molecular complexity index is 1150. The maximum Gasteiger partial charge on any atom is 0.317 e. The molecule has 1 aliphatic heterocycles. The summed E-state index contributed by atoms with van der Waals surface area (Å²) in [6, 6.07) is 9.36. The zero-order valence-corrected chi connectivity index (χ0v) is 20.4. The molecule has 2 aromatic rings. The molecule has 1 aromatic carbocycles. The van der Waals surface area contributed by atoms with Crippen molar-refractivity contribution < 1.29 is 17.9 Å². The minimum atomic E-state index is -3.29. The number of nitrogens with one attached hydrogen (secondary N) is 1. The van der Waals surface area contributed by atoms with Gasteiger partial charge < -0.3 is 15.0 Å². The molecule has 4 rings (SSSR count). The maximum atomic E-state index is 12.6. The van der Waals surface area contributed by atoms with E-state index in [1.54, 1.807) is 24.4 Å². The van der Waals surface area contributed by atoms with Crippen LogP contribution >= 0.6 is 0 Å². The summed E-state index contributed by atoms with van der Waals surface area (Å²) in [4.78, 5) is 27.2. The van der Waals surface area contributed by atoms with E-state index in [2.05, 4.69) is 5.32 Å². The number of benzene rings is 1. The minimum Gasteiger partial charge on any atom is -0.490 e. The standard InChI is InChI=1S/C25H33N3O5S/c1-34(31,32)23-9-7-20(8-10-23)28-16-13-22(17-24(28)29)33-21-11-14-27(15-12-21)25(30)26-18-19-5-3-2-4-6-19/h7-10,13,16-17,19,21H,2-6,11-12,14-15,18H2,1H3,(H,26,30). The fraction of sp³-hybridized carbons (Fsp3) is 0.520. The Morgan fingerprint density at radius 2 is 1.71 bits per heavy atom. The van der Waals surface area contributed by atoms with Crippen LogP contribution in [-0.2, 0) is 9.84 Å². The molecule has 2 fully saturated rings. The molecule has 2 heterocycles. The number of likely N-dealkylation sites (tertiary alicyclic amines) is 1. The van der Waals surface area contributed by atoms with Gasteiger partial charge in [0, 0.05) is 56.7 Å². The fourth-order valence-corrected chi connectivity index (χ4v) is 5.34. The average molecular weight is 488 g/mol. The van der Waals surface area contributed by atoms with E-state index < -0.39 is 9.84 Å². The lowest BCUT2D eigenvalue weighted by atomic mass is 9.89. The van der Waals surface area contributed by atoms with E-state index >= 15 is 0 Å². The molecule has 1 aliphatic carbocycles. The van der Waals surface area contributed by atoms with E-state index in [0.29, 0.717) is 43.3 Å². The fourth-order valence-electron chi connectivity index (χ4n) is 4.71. The number of pyridine rings is 1. The van der Waals surface area contributed by atoms with Crippen LogP contribution < -0.4 is 15.6 Å². The molecule has 0 radical (unpaired) electrons. The highest BCUT2D eigenvalue weighted by molar-refractivity contribution is 7.90. The molecule has 1 saturated carbocycles. The van der Waals surface area contributed by atoms with Crippen molar-refractivity contribution in [1.82, 2.24) is 14.8 Å². The van der Waals surface area contributed by atoms with Gasteiger partial charge in [-0.3, -0.25) is 9.36 Å². The van der Waals surface area contributed by atoms with Gasteiger partial charge in [-0.1, -0.05) is 19.3 Å². The predicted octanol–water partition coefficient (Wildman–Crippen LogP) is 3.37. The smallest absolute Gasteiger partial charge is 0.317 e. The van der Waals surface area contributed by atoms with Gasteiger partial charge in [0.25, 0.3) is 5.56 Å². The zero-order valence-electron chi connectivity index (χ0n) is 19.6. The lowest BCUT2D eigenvalue weighted by molar-refractivity contribution is 0.110. The normalized spacial score (nSPS) is 18.0. The summed E-state index contributed by atoms with van der Waals surface area (Å²) < 4.78 is 30.7. The zero-order chi connectivity index (χ0) is 24.1. The SMILES string of the molecule is CS(=O)(=O)c1ccc(-n2ccc(OC3CCN(C(=O)NCC4CCCCC4)CC3)cc2=O)cc1. The first kappa shape index (κ1) is 24.3. The summed E-state index contributed by atoms with van der Waals surface area (Å²) in [5, 5.41) is 3.10. The molecule has 1 N–H and O–H groups in total. The second-order valence-electron chi connectivity index (χ2n) is 9.33. The van der Waals surface area contributed by atoms with Crippen LogP contribution in [0.25, 0.3) is 5.69 Å². The van der Waals surface area contributed by atoms with Gasteiger partial charge in [0.05, 0.1) is 4.90 Å². The molecule has 0 spiro atoms. The third-order valence-electron chi connectivity index (χ3n) is 6.73. The number of carbonyl (C=O) groups excluding carboxylic acids is 1. The largest absolute Gasteiger partial charge is 0.490 e. The summed E-state index contributed by atoms with van der Waals surface area (Å²) in [5.41, 5.74) is 0.320. The number of hydrogen-bond acceptors (Lipinski definition) is 5. The topological polar surface area (TPSA) is 97.7 Å². The predicted molar refractivity (Wildman–Crippen MR) is 130 cm³/mol. The van der Waals surface area contributed by atoms with Gasteiger partial charge in [-0.25, -0.2) is 13.2 Å². The number of carbonyl (C=O) groups is 1. The molecule has 0 bridgehead atoms. The third-order valence-corrected chi connectivity index (χ3v) is 7.86. The van der Waals surface area contributed by atoms with Gasteiger partial charge >= 0.3 is 6.03 Å². The number of aromatic nitrogens is 1. The van der Waals surface area contributed by atoms with Crippen LogP contribution in [0.3, 0.4) is 0 Å². The Morgan fingerprint density at radius 3 is 2.32 bits per heavy atom. The summed E-state index contributed by atoms with van der Waals surface area (Å²) in [7, 11) is -3.29. The molecule has 1 saturated heterocycles. The van der Waals surface area contributed by atoms with Crippen LogP contribution in [0, 0.1) is 5.92 Å². The molecule has 8 nitrogen and oxygen atoms in total. The Morgan fingerprint density at radius 1 is 1.03 bits per heavy atom. The molecule has 1 aromatic heterocycles. The van der Waals surface area contributed by atoms with Crippen molar-refractivity contribution in [3.63, 3.8) is 0 Å². The molecule has 34 heavy (non-hydrogen) atoms. The van der Waals surface area contributed by atoms with Crippen molar-refractivity contribution in [3.8, 4) is 11.4 Å². The number of ether oxygens (including phenoxy) is 1. The van der Waals surface area contributed by atoms with Crippen LogP contribution in [0.2, 0.25) is 0 Å². The highest BCUT2D eigenvalue weighted by atomic mass is 32.2. The first-order valence-electron chi connectivity index (χ1n) is 12.0. The Hall–Kier alpha value is -2.81. The molecular weight excluding hydrogens is 454 g/mol. The quantitative estimate of drug-likeness (QED) is 0.674. The average Bonchev–Trinajstić information content (AvgIpc) is 2.83. The van der Waals surface area contributed by atoms with Crippen molar-refractivity contribution in [2.75, 3.05) is 25.9 Å². The number of nitrogens with zero attached hydrogens (tertiary/aromatic N) is 2. The van der Waals surface area contributed by atoms with Gasteiger partial charge in [-0.05, 0) is 49.1 Å². The molecule has 184 valence electrons. The maximum absolute atomic E-state index is 12.6. The van der Waals surface area contributed by atoms with E-state index in [-0.39, 0.29) is 22.6 Å². The van der Waals surface area contributed by atoms with Crippen LogP contribution in [-0.4, -0.2) is 55.9 Å². The van der Waals surface area contributed by atoms with Crippen LogP contribution in [0.15, 0.2) is 52.3 Å². The molecular formula is C25H33N3O5S. The van der Waals surface area contributed by atoms with Gasteiger partial charge in [-0.15, -0.1) is 0 Å². The number of amides is 2. The van der Waals surface area contributed by atoms with Crippen LogP contribution in [0.5, 0.6) is 5.75 Å². The van der Waals surface area contributed by atoms with E-state index in [9.17, 15) is 18.0 Å². The number of piperidine rings is 1.